The fourth-order valence-electron chi connectivity index (χ4n) is 3.59. The number of hydrogen-bond acceptors (Lipinski definition) is 8. The smallest absolute Gasteiger partial charge is 0.375 e. The molecule has 3 aromatic carbocycles. The number of esters is 2. The van der Waals surface area contributed by atoms with Gasteiger partial charge in [0.1, 0.15) is 22.8 Å². The van der Waals surface area contributed by atoms with Crippen LogP contribution in [0.1, 0.15) is 27.8 Å². The van der Waals surface area contributed by atoms with Crippen molar-refractivity contribution in [2.75, 3.05) is 20.8 Å². The number of carbonyl (C=O) groups is 2. The van der Waals surface area contributed by atoms with Gasteiger partial charge in [-0.3, -0.25) is 4.79 Å². The molecule has 1 heterocycles. The highest BCUT2D eigenvalue weighted by Crippen LogP contribution is 2.33. The first-order valence-electron chi connectivity index (χ1n) is 10.7. The van der Waals surface area contributed by atoms with E-state index in [2.05, 4.69) is 0 Å². The molecule has 8 heteroatoms. The molecule has 1 aromatic heterocycles. The zero-order valence-corrected chi connectivity index (χ0v) is 19.3. The lowest BCUT2D eigenvalue weighted by Gasteiger charge is -2.13. The van der Waals surface area contributed by atoms with Gasteiger partial charge in [0, 0.05) is 11.6 Å². The van der Waals surface area contributed by atoms with Crippen LogP contribution in [0.15, 0.2) is 75.9 Å². The van der Waals surface area contributed by atoms with Crippen molar-refractivity contribution in [3.8, 4) is 28.4 Å². The summed E-state index contributed by atoms with van der Waals surface area (Å²) in [6.45, 7) is 1.74. The van der Waals surface area contributed by atoms with Gasteiger partial charge < -0.3 is 23.4 Å². The van der Waals surface area contributed by atoms with E-state index in [4.69, 9.17) is 23.4 Å². The Kier molecular flexibility index (Phi) is 6.82. The van der Waals surface area contributed by atoms with Crippen molar-refractivity contribution in [2.45, 2.75) is 6.92 Å². The second kappa shape index (κ2) is 10.1. The van der Waals surface area contributed by atoms with Crippen molar-refractivity contribution in [1.82, 2.24) is 0 Å². The number of rotatable bonds is 7. The molecule has 0 saturated carbocycles. The van der Waals surface area contributed by atoms with E-state index in [-0.39, 0.29) is 40.2 Å². The van der Waals surface area contributed by atoms with Crippen LogP contribution in [-0.4, -0.2) is 32.8 Å². The lowest BCUT2D eigenvalue weighted by Crippen LogP contribution is -2.15. The standard InChI is InChI=1S/C27H22O8/c1-4-33-27(30)25-23(19-10-5-6-11-21(19)32-3)24(28)20-13-12-18(15-22(20)35-25)34-26(29)16-8-7-9-17(14-16)31-2/h5-15H,4H2,1-3H3. The van der Waals surface area contributed by atoms with Crippen LogP contribution >= 0.6 is 0 Å². The van der Waals surface area contributed by atoms with Crippen molar-refractivity contribution in [3.63, 3.8) is 0 Å². The van der Waals surface area contributed by atoms with Gasteiger partial charge in [-0.25, -0.2) is 9.59 Å². The van der Waals surface area contributed by atoms with Gasteiger partial charge in [0.05, 0.1) is 37.3 Å². The van der Waals surface area contributed by atoms with Crippen LogP contribution in [-0.2, 0) is 4.74 Å². The predicted molar refractivity (Wildman–Crippen MR) is 128 cm³/mol. The molecule has 8 nitrogen and oxygen atoms in total. The molecule has 0 radical (unpaired) electrons. The van der Waals surface area contributed by atoms with E-state index in [1.165, 1.54) is 32.4 Å². The van der Waals surface area contributed by atoms with Crippen LogP contribution < -0.4 is 19.6 Å². The Morgan fingerprint density at radius 1 is 0.857 bits per heavy atom. The molecule has 4 aromatic rings. The molecule has 35 heavy (non-hydrogen) atoms. The number of fused-ring (bicyclic) bond motifs is 1. The van der Waals surface area contributed by atoms with Gasteiger partial charge in [0.25, 0.3) is 0 Å². The fourth-order valence-corrected chi connectivity index (χ4v) is 3.59. The summed E-state index contributed by atoms with van der Waals surface area (Å²) in [6, 6.07) is 17.6. The first kappa shape index (κ1) is 23.6. The molecule has 0 spiro atoms. The van der Waals surface area contributed by atoms with Crippen molar-refractivity contribution in [3.05, 3.63) is 88.3 Å². The summed E-state index contributed by atoms with van der Waals surface area (Å²) in [4.78, 5) is 38.9. The average molecular weight is 474 g/mol. The van der Waals surface area contributed by atoms with Gasteiger partial charge in [-0.2, -0.15) is 0 Å². The van der Waals surface area contributed by atoms with Gasteiger partial charge in [0.15, 0.2) is 0 Å². The van der Waals surface area contributed by atoms with Crippen LogP contribution in [0.3, 0.4) is 0 Å². The minimum atomic E-state index is -0.800. The fraction of sp³-hybridized carbons (Fsp3) is 0.148. The Labute approximate surface area is 200 Å². The van der Waals surface area contributed by atoms with Gasteiger partial charge in [-0.1, -0.05) is 24.3 Å². The van der Waals surface area contributed by atoms with E-state index < -0.39 is 17.4 Å². The van der Waals surface area contributed by atoms with Crippen LogP contribution in [0, 0.1) is 0 Å². The third kappa shape index (κ3) is 4.72. The zero-order valence-electron chi connectivity index (χ0n) is 19.3. The molecular weight excluding hydrogens is 452 g/mol. The normalized spacial score (nSPS) is 10.6. The third-order valence-corrected chi connectivity index (χ3v) is 5.22. The van der Waals surface area contributed by atoms with Crippen molar-refractivity contribution in [2.24, 2.45) is 0 Å². The molecule has 0 saturated heterocycles. The predicted octanol–water partition coefficient (Wildman–Crippen LogP) is 4.87. The molecule has 4 rings (SSSR count). The van der Waals surface area contributed by atoms with Gasteiger partial charge >= 0.3 is 11.9 Å². The number of benzene rings is 3. The number of ether oxygens (including phenoxy) is 4. The molecule has 0 aliphatic rings. The lowest BCUT2D eigenvalue weighted by atomic mass is 10.0. The SMILES string of the molecule is CCOC(=O)c1oc2cc(OC(=O)c3cccc(OC)c3)ccc2c(=O)c1-c1ccccc1OC. The van der Waals surface area contributed by atoms with E-state index >= 15 is 0 Å². The van der Waals surface area contributed by atoms with Gasteiger partial charge in [-0.15, -0.1) is 0 Å². The van der Waals surface area contributed by atoms with Crippen molar-refractivity contribution in [1.29, 1.82) is 0 Å². The summed E-state index contributed by atoms with van der Waals surface area (Å²) < 4.78 is 27.0. The van der Waals surface area contributed by atoms with Crippen LogP contribution in [0.5, 0.6) is 17.2 Å². The molecule has 0 bridgehead atoms. The highest BCUT2D eigenvalue weighted by molar-refractivity contribution is 5.99. The van der Waals surface area contributed by atoms with Crippen LogP contribution in [0.4, 0.5) is 0 Å². The molecule has 0 N–H and O–H groups in total. The molecule has 0 unspecified atom stereocenters. The molecule has 0 atom stereocenters. The summed E-state index contributed by atoms with van der Waals surface area (Å²) >= 11 is 0. The first-order valence-corrected chi connectivity index (χ1v) is 10.7. The second-order valence-electron chi connectivity index (χ2n) is 7.34. The zero-order chi connectivity index (χ0) is 24.9. The maximum atomic E-state index is 13.5. The third-order valence-electron chi connectivity index (χ3n) is 5.22. The summed E-state index contributed by atoms with van der Waals surface area (Å²) in [5.74, 6) is -0.660. The van der Waals surface area contributed by atoms with Crippen molar-refractivity contribution < 1.29 is 33.0 Å². The maximum absolute atomic E-state index is 13.5. The first-order chi connectivity index (χ1) is 17.0. The molecule has 0 amide bonds. The highest BCUT2D eigenvalue weighted by atomic mass is 16.5. The Balaban J connectivity index is 1.82. The number of carbonyl (C=O) groups excluding carboxylic acids is 2. The van der Waals surface area contributed by atoms with Crippen LogP contribution in [0.25, 0.3) is 22.1 Å². The van der Waals surface area contributed by atoms with E-state index in [1.54, 1.807) is 55.5 Å². The summed E-state index contributed by atoms with van der Waals surface area (Å²) in [7, 11) is 2.96. The van der Waals surface area contributed by atoms with E-state index in [9.17, 15) is 14.4 Å². The van der Waals surface area contributed by atoms with E-state index in [1.807, 2.05) is 0 Å². The van der Waals surface area contributed by atoms with Crippen LogP contribution in [0.2, 0.25) is 0 Å². The molecule has 178 valence electrons. The quantitative estimate of drug-likeness (QED) is 0.276. The summed E-state index contributed by atoms with van der Waals surface area (Å²) in [5, 5.41) is 0.195. The summed E-state index contributed by atoms with van der Waals surface area (Å²) in [5.41, 5.74) is 0.304. The van der Waals surface area contributed by atoms with Crippen molar-refractivity contribution >= 4 is 22.9 Å². The molecule has 0 fully saturated rings. The number of para-hydroxylation sites is 1. The minimum Gasteiger partial charge on any atom is -0.497 e. The van der Waals surface area contributed by atoms with Gasteiger partial charge in [0.2, 0.25) is 11.2 Å². The van der Waals surface area contributed by atoms with Gasteiger partial charge in [-0.05, 0) is 43.3 Å². The highest BCUT2D eigenvalue weighted by Gasteiger charge is 2.25. The Morgan fingerprint density at radius 3 is 2.40 bits per heavy atom. The Bertz CT molecular complexity index is 1470. The number of hydrogen-bond donors (Lipinski definition) is 0. The second-order valence-corrected chi connectivity index (χ2v) is 7.34. The largest absolute Gasteiger partial charge is 0.497 e. The summed E-state index contributed by atoms with van der Waals surface area (Å²) in [6.07, 6.45) is 0. The monoisotopic (exact) mass is 474 g/mol. The topological polar surface area (TPSA) is 101 Å². The minimum absolute atomic E-state index is 0.0227. The Morgan fingerprint density at radius 2 is 1.66 bits per heavy atom. The maximum Gasteiger partial charge on any atom is 0.375 e. The average Bonchev–Trinajstić information content (AvgIpc) is 2.88. The molecule has 0 aliphatic carbocycles. The molecular formula is C27H22O8. The lowest BCUT2D eigenvalue weighted by molar-refractivity contribution is 0.0491. The number of methoxy groups -OCH3 is 2. The Hall–Kier alpha value is -4.59. The molecule has 0 aliphatic heterocycles. The van der Waals surface area contributed by atoms with E-state index in [0.29, 0.717) is 17.1 Å². The van der Waals surface area contributed by atoms with E-state index in [0.717, 1.165) is 0 Å².